The van der Waals surface area contributed by atoms with Crippen molar-refractivity contribution in [1.29, 1.82) is 0 Å². The molecule has 158 valence electrons. The molecule has 4 rings (SSSR count). The van der Waals surface area contributed by atoms with E-state index in [-0.39, 0.29) is 0 Å². The number of rotatable bonds is 7. The molecular formula is C21H21Cl2N3O3S. The van der Waals surface area contributed by atoms with Crippen LogP contribution in [0.1, 0.15) is 47.7 Å². The molecule has 1 aliphatic rings. The normalized spacial score (nSPS) is 14.5. The van der Waals surface area contributed by atoms with E-state index in [1.54, 1.807) is 30.4 Å². The SMILES string of the molecule is CC(OCC(=O)O)c1nc(NCc2ccc(Cl)cc2Cl)c2c3c(sc2n1)CCCC3. The number of ether oxygens (including phenoxy) is 1. The molecule has 2 aromatic heterocycles. The summed E-state index contributed by atoms with van der Waals surface area (Å²) in [6, 6.07) is 5.41. The zero-order valence-electron chi connectivity index (χ0n) is 16.4. The van der Waals surface area contributed by atoms with Crippen LogP contribution in [0.15, 0.2) is 18.2 Å². The Labute approximate surface area is 188 Å². The summed E-state index contributed by atoms with van der Waals surface area (Å²) in [5, 5.41) is 14.5. The number of aryl methyl sites for hydroxylation is 2. The third kappa shape index (κ3) is 4.54. The third-order valence-electron chi connectivity index (χ3n) is 5.11. The van der Waals surface area contributed by atoms with Crippen molar-refractivity contribution in [3.05, 3.63) is 50.1 Å². The molecule has 2 heterocycles. The fourth-order valence-electron chi connectivity index (χ4n) is 3.60. The summed E-state index contributed by atoms with van der Waals surface area (Å²) in [5.74, 6) is 0.170. The molecule has 1 atom stereocenters. The molecule has 0 bridgehead atoms. The predicted molar refractivity (Wildman–Crippen MR) is 120 cm³/mol. The summed E-state index contributed by atoms with van der Waals surface area (Å²) in [7, 11) is 0. The molecule has 9 heteroatoms. The number of hydrogen-bond donors (Lipinski definition) is 2. The quantitative estimate of drug-likeness (QED) is 0.468. The molecule has 30 heavy (non-hydrogen) atoms. The summed E-state index contributed by atoms with van der Waals surface area (Å²) < 4.78 is 5.41. The minimum atomic E-state index is -1.02. The summed E-state index contributed by atoms with van der Waals surface area (Å²) in [6.07, 6.45) is 3.87. The molecule has 1 aliphatic carbocycles. The Balaban J connectivity index is 1.70. The van der Waals surface area contributed by atoms with Crippen LogP contribution in [0, 0.1) is 0 Å². The van der Waals surface area contributed by atoms with Crippen LogP contribution in [-0.4, -0.2) is 27.7 Å². The Kier molecular flexibility index (Phi) is 6.43. The lowest BCUT2D eigenvalue weighted by molar-refractivity contribution is -0.144. The fourth-order valence-corrected chi connectivity index (χ4v) is 5.34. The number of aromatic nitrogens is 2. The Morgan fingerprint density at radius 2 is 2.10 bits per heavy atom. The van der Waals surface area contributed by atoms with Crippen LogP contribution in [0.3, 0.4) is 0 Å². The Bertz CT molecular complexity index is 1100. The maximum absolute atomic E-state index is 10.9. The van der Waals surface area contributed by atoms with Crippen molar-refractivity contribution in [2.45, 2.75) is 45.3 Å². The number of nitrogens with one attached hydrogen (secondary N) is 1. The van der Waals surface area contributed by atoms with Crippen molar-refractivity contribution in [1.82, 2.24) is 9.97 Å². The number of halogens is 2. The van der Waals surface area contributed by atoms with E-state index in [2.05, 4.69) is 5.32 Å². The van der Waals surface area contributed by atoms with E-state index in [4.69, 9.17) is 43.0 Å². The van der Waals surface area contributed by atoms with Crippen molar-refractivity contribution < 1.29 is 14.6 Å². The minimum Gasteiger partial charge on any atom is -0.480 e. The largest absolute Gasteiger partial charge is 0.480 e. The maximum atomic E-state index is 10.9. The second-order valence-electron chi connectivity index (χ2n) is 7.26. The first-order valence-electron chi connectivity index (χ1n) is 9.75. The number of carboxylic acids is 1. The van der Waals surface area contributed by atoms with Crippen LogP contribution < -0.4 is 5.32 Å². The van der Waals surface area contributed by atoms with E-state index in [9.17, 15) is 4.79 Å². The number of fused-ring (bicyclic) bond motifs is 3. The number of anilines is 1. The van der Waals surface area contributed by atoms with Gasteiger partial charge in [0.05, 0.1) is 5.39 Å². The molecule has 2 N–H and O–H groups in total. The third-order valence-corrected chi connectivity index (χ3v) is 6.89. The highest BCUT2D eigenvalue weighted by Crippen LogP contribution is 2.39. The molecular weight excluding hydrogens is 445 g/mol. The molecule has 1 unspecified atom stereocenters. The fraction of sp³-hybridized carbons (Fsp3) is 0.381. The summed E-state index contributed by atoms with van der Waals surface area (Å²) in [4.78, 5) is 22.6. The van der Waals surface area contributed by atoms with Crippen molar-refractivity contribution in [2.75, 3.05) is 11.9 Å². The first-order chi connectivity index (χ1) is 14.4. The van der Waals surface area contributed by atoms with Gasteiger partial charge in [-0.2, -0.15) is 0 Å². The zero-order valence-corrected chi connectivity index (χ0v) is 18.7. The minimum absolute atomic E-state index is 0.396. The number of hydrogen-bond acceptors (Lipinski definition) is 6. The van der Waals surface area contributed by atoms with E-state index in [0.717, 1.165) is 40.9 Å². The van der Waals surface area contributed by atoms with Gasteiger partial charge in [-0.1, -0.05) is 29.3 Å². The van der Waals surface area contributed by atoms with E-state index in [0.29, 0.717) is 22.4 Å². The van der Waals surface area contributed by atoms with Gasteiger partial charge in [0, 0.05) is 21.5 Å². The van der Waals surface area contributed by atoms with E-state index in [1.807, 2.05) is 6.07 Å². The number of thiophene rings is 1. The lowest BCUT2D eigenvalue weighted by Crippen LogP contribution is -2.13. The highest BCUT2D eigenvalue weighted by molar-refractivity contribution is 7.19. The molecule has 3 aromatic rings. The molecule has 0 fully saturated rings. The van der Waals surface area contributed by atoms with Crippen molar-refractivity contribution >= 4 is 56.5 Å². The maximum Gasteiger partial charge on any atom is 0.329 e. The smallest absolute Gasteiger partial charge is 0.329 e. The molecule has 1 aromatic carbocycles. The van der Waals surface area contributed by atoms with Crippen LogP contribution in [0.4, 0.5) is 5.82 Å². The average molecular weight is 466 g/mol. The summed E-state index contributed by atoms with van der Waals surface area (Å²) in [5.41, 5.74) is 2.23. The van der Waals surface area contributed by atoms with Gasteiger partial charge in [-0.15, -0.1) is 11.3 Å². The van der Waals surface area contributed by atoms with Gasteiger partial charge in [0.15, 0.2) is 5.82 Å². The molecule has 0 aliphatic heterocycles. The Hall–Kier alpha value is -1.93. The van der Waals surface area contributed by atoms with Crippen LogP contribution in [0.25, 0.3) is 10.2 Å². The number of aliphatic carboxylic acids is 1. The van der Waals surface area contributed by atoms with Crippen molar-refractivity contribution in [3.63, 3.8) is 0 Å². The van der Waals surface area contributed by atoms with Gasteiger partial charge in [0.2, 0.25) is 0 Å². The van der Waals surface area contributed by atoms with Gasteiger partial charge in [0.1, 0.15) is 23.4 Å². The van der Waals surface area contributed by atoms with E-state index < -0.39 is 18.7 Å². The number of benzene rings is 1. The van der Waals surface area contributed by atoms with Gasteiger partial charge >= 0.3 is 5.97 Å². The monoisotopic (exact) mass is 465 g/mol. The van der Waals surface area contributed by atoms with E-state index >= 15 is 0 Å². The van der Waals surface area contributed by atoms with Crippen molar-refractivity contribution in [2.24, 2.45) is 0 Å². The van der Waals surface area contributed by atoms with Crippen LogP contribution in [-0.2, 0) is 28.9 Å². The second kappa shape index (κ2) is 9.06. The van der Waals surface area contributed by atoms with Gasteiger partial charge in [-0.05, 0) is 55.9 Å². The molecule has 0 saturated carbocycles. The van der Waals surface area contributed by atoms with Crippen LogP contribution in [0.5, 0.6) is 0 Å². The topological polar surface area (TPSA) is 84.3 Å². The number of carboxylic acid groups (broad SMARTS) is 1. The number of carbonyl (C=O) groups is 1. The molecule has 0 radical (unpaired) electrons. The lowest BCUT2D eigenvalue weighted by Gasteiger charge is -2.16. The predicted octanol–water partition coefficient (Wildman–Crippen LogP) is 5.65. The Morgan fingerprint density at radius 1 is 1.30 bits per heavy atom. The Morgan fingerprint density at radius 3 is 2.87 bits per heavy atom. The highest BCUT2D eigenvalue weighted by Gasteiger charge is 2.23. The number of nitrogens with zero attached hydrogens (tertiary/aromatic N) is 2. The summed E-state index contributed by atoms with van der Waals surface area (Å²) in [6.45, 7) is 1.85. The standard InChI is InChI=1S/C21H21Cl2N3O3S/c1-11(29-10-17(27)28)19-25-20(24-9-12-6-7-13(22)8-15(12)23)18-14-4-2-3-5-16(14)30-21(18)26-19/h6-8,11H,2-5,9-10H2,1H3,(H,27,28)(H,24,25,26). The lowest BCUT2D eigenvalue weighted by atomic mass is 9.97. The van der Waals surface area contributed by atoms with Gasteiger partial charge < -0.3 is 15.2 Å². The van der Waals surface area contributed by atoms with Crippen LogP contribution in [0.2, 0.25) is 10.0 Å². The first kappa shape index (κ1) is 21.3. The highest BCUT2D eigenvalue weighted by atomic mass is 35.5. The molecule has 0 amide bonds. The second-order valence-corrected chi connectivity index (χ2v) is 9.18. The zero-order chi connectivity index (χ0) is 21.3. The molecule has 6 nitrogen and oxygen atoms in total. The van der Waals surface area contributed by atoms with E-state index in [1.165, 1.54) is 16.9 Å². The summed E-state index contributed by atoms with van der Waals surface area (Å²) >= 11 is 14.0. The van der Waals surface area contributed by atoms with Crippen molar-refractivity contribution in [3.8, 4) is 0 Å². The van der Waals surface area contributed by atoms with Crippen LogP contribution >= 0.6 is 34.5 Å². The van der Waals surface area contributed by atoms with Gasteiger partial charge in [-0.3, -0.25) is 0 Å². The van der Waals surface area contributed by atoms with Gasteiger partial charge in [-0.25, -0.2) is 14.8 Å². The first-order valence-corrected chi connectivity index (χ1v) is 11.3. The average Bonchev–Trinajstić information content (AvgIpc) is 3.09. The molecule has 0 saturated heterocycles. The molecule has 0 spiro atoms. The van der Waals surface area contributed by atoms with Gasteiger partial charge in [0.25, 0.3) is 0 Å².